The minimum absolute atomic E-state index is 0. The molecule has 0 nitrogen and oxygen atoms in total. The molecule has 0 heterocycles. The number of hydrogen-bond acceptors (Lipinski definition) is 0. The molecule has 0 bridgehead atoms. The van der Waals surface area contributed by atoms with Gasteiger partial charge in [0, 0.05) is 17.1 Å². The molecule has 0 N–H and O–H groups in total. The molecule has 0 fully saturated rings. The number of rotatable bonds is 4. The third-order valence-electron chi connectivity index (χ3n) is 6.79. The van der Waals surface area contributed by atoms with Crippen LogP contribution in [0.4, 0.5) is 0 Å². The Labute approximate surface area is 231 Å². The van der Waals surface area contributed by atoms with Crippen LogP contribution in [-0.4, -0.2) is 0 Å². The fourth-order valence-electron chi connectivity index (χ4n) is 4.85. The predicted octanol–water partition coefficient (Wildman–Crippen LogP) is 10.1. The molecule has 0 aliphatic heterocycles. The Morgan fingerprint density at radius 3 is 1.11 bits per heavy atom. The molecule has 1 heteroatoms. The second-order valence-corrected chi connectivity index (χ2v) is 9.04. The van der Waals surface area contributed by atoms with Gasteiger partial charge in [0.2, 0.25) is 0 Å². The second-order valence-electron chi connectivity index (χ2n) is 9.04. The Morgan fingerprint density at radius 1 is 0.432 bits per heavy atom. The molecule has 0 radical (unpaired) electrons. The van der Waals surface area contributed by atoms with E-state index in [0.29, 0.717) is 0 Å². The summed E-state index contributed by atoms with van der Waals surface area (Å²) in [5, 5.41) is 0. The maximum atomic E-state index is 2.22. The summed E-state index contributed by atoms with van der Waals surface area (Å²) in [5.41, 5.74) is 13.2. The molecule has 0 aliphatic carbocycles. The van der Waals surface area contributed by atoms with Gasteiger partial charge in [-0.2, -0.15) is 43.3 Å². The summed E-state index contributed by atoms with van der Waals surface area (Å²) in [6.07, 6.45) is 0. The minimum Gasteiger partial charge on any atom is -0.561 e. The van der Waals surface area contributed by atoms with E-state index in [9.17, 15) is 0 Å². The summed E-state index contributed by atoms with van der Waals surface area (Å²) in [5.74, 6) is 0. The van der Waals surface area contributed by atoms with Crippen molar-refractivity contribution in [2.45, 2.75) is 13.8 Å². The van der Waals surface area contributed by atoms with E-state index >= 15 is 0 Å². The van der Waals surface area contributed by atoms with Gasteiger partial charge in [-0.3, -0.25) is 0 Å². The molecule has 0 saturated carbocycles. The Balaban J connectivity index is 0.000000168. The van der Waals surface area contributed by atoms with Crippen LogP contribution in [0.2, 0.25) is 0 Å². The SMILES string of the molecule is C[c-]1[c-](-c2ccccc2)[cH-][cH-][c-]1-c1ccccc1.C[c-]1c(-c2ccccc2)ccc1-c1ccccc1.[Fe]. The van der Waals surface area contributed by atoms with Gasteiger partial charge in [-0.05, 0) is 0 Å². The van der Waals surface area contributed by atoms with Crippen LogP contribution in [0.5, 0.6) is 0 Å². The van der Waals surface area contributed by atoms with Gasteiger partial charge < -0.3 is 52.1 Å². The van der Waals surface area contributed by atoms with Crippen molar-refractivity contribution < 1.29 is 17.1 Å². The van der Waals surface area contributed by atoms with Crippen molar-refractivity contribution in [2.24, 2.45) is 0 Å². The van der Waals surface area contributed by atoms with Crippen molar-refractivity contribution in [1.29, 1.82) is 0 Å². The molecule has 6 aromatic carbocycles. The second kappa shape index (κ2) is 12.4. The van der Waals surface area contributed by atoms with E-state index in [1.165, 1.54) is 55.6 Å². The van der Waals surface area contributed by atoms with Gasteiger partial charge in [-0.1, -0.05) is 96.9 Å². The fraction of sp³-hybridized carbons (Fsp3) is 0.0556. The fourth-order valence-corrected chi connectivity index (χ4v) is 4.85. The average Bonchev–Trinajstić information content (AvgIpc) is 3.53. The van der Waals surface area contributed by atoms with Crippen molar-refractivity contribution in [1.82, 2.24) is 0 Å². The first-order chi connectivity index (χ1) is 17.7. The first-order valence-corrected chi connectivity index (χ1v) is 12.5. The molecule has 0 atom stereocenters. The summed E-state index contributed by atoms with van der Waals surface area (Å²) >= 11 is 0. The zero-order valence-electron chi connectivity index (χ0n) is 21.2. The van der Waals surface area contributed by atoms with Crippen LogP contribution in [0.15, 0.2) is 146 Å². The molecule has 0 amide bonds. The third-order valence-corrected chi connectivity index (χ3v) is 6.79. The summed E-state index contributed by atoms with van der Waals surface area (Å²) < 4.78 is 0. The van der Waals surface area contributed by atoms with Crippen LogP contribution in [0, 0.1) is 13.8 Å². The zero-order valence-corrected chi connectivity index (χ0v) is 22.3. The molecule has 37 heavy (non-hydrogen) atoms. The Bertz CT molecular complexity index is 1270. The van der Waals surface area contributed by atoms with Crippen molar-refractivity contribution in [3.63, 3.8) is 0 Å². The molecule has 0 aliphatic rings. The molecule has 6 aromatic rings. The summed E-state index contributed by atoms with van der Waals surface area (Å²) in [6, 6.07) is 51.1. The van der Waals surface area contributed by atoms with E-state index < -0.39 is 0 Å². The third kappa shape index (κ3) is 5.92. The van der Waals surface area contributed by atoms with Crippen LogP contribution >= 0.6 is 0 Å². The van der Waals surface area contributed by atoms with E-state index in [-0.39, 0.29) is 17.1 Å². The normalized spacial score (nSPS) is 10.2. The van der Waals surface area contributed by atoms with Crippen LogP contribution < -0.4 is 0 Å². The maximum Gasteiger partial charge on any atom is 0 e. The Morgan fingerprint density at radius 2 is 0.757 bits per heavy atom. The van der Waals surface area contributed by atoms with Crippen LogP contribution in [-0.2, 0) is 17.1 Å². The smallest absolute Gasteiger partial charge is 0 e. The van der Waals surface area contributed by atoms with Gasteiger partial charge in [0.15, 0.2) is 0 Å². The van der Waals surface area contributed by atoms with Gasteiger partial charge in [0.1, 0.15) is 0 Å². The van der Waals surface area contributed by atoms with E-state index in [1.54, 1.807) is 0 Å². The van der Waals surface area contributed by atoms with Gasteiger partial charge in [-0.15, -0.1) is 22.8 Å². The van der Waals surface area contributed by atoms with Crippen molar-refractivity contribution >= 4 is 0 Å². The Kier molecular flexibility index (Phi) is 8.75. The zero-order chi connectivity index (χ0) is 24.7. The van der Waals surface area contributed by atoms with Crippen LogP contribution in [0.3, 0.4) is 0 Å². The summed E-state index contributed by atoms with van der Waals surface area (Å²) in [7, 11) is 0. The van der Waals surface area contributed by atoms with Crippen molar-refractivity contribution in [3.8, 4) is 44.5 Å². The standard InChI is InChI=1S/2C18H15.Fe/c2*1-14-17(15-8-4-2-5-9-15)12-13-18(14)16-10-6-3-7-11-16;/h2*2-13H,1H3;/q-5;-1;. The summed E-state index contributed by atoms with van der Waals surface area (Å²) in [4.78, 5) is 0. The number of benzene rings is 4. The molecule has 6 rings (SSSR count). The molecular weight excluding hydrogens is 488 g/mol. The van der Waals surface area contributed by atoms with Crippen molar-refractivity contribution in [2.75, 3.05) is 0 Å². The van der Waals surface area contributed by atoms with Gasteiger partial charge in [-0.25, -0.2) is 0 Å². The molecule has 0 saturated heterocycles. The topological polar surface area (TPSA) is 0 Å². The van der Waals surface area contributed by atoms with E-state index in [2.05, 4.69) is 159 Å². The van der Waals surface area contributed by atoms with Gasteiger partial charge in [0.05, 0.1) is 0 Å². The number of hydrogen-bond donors (Lipinski definition) is 0. The van der Waals surface area contributed by atoms with E-state index in [1.807, 2.05) is 0 Å². The Hall–Kier alpha value is -3.90. The average molecular weight is 518 g/mol. The van der Waals surface area contributed by atoms with E-state index in [0.717, 1.165) is 0 Å². The predicted molar refractivity (Wildman–Crippen MR) is 155 cm³/mol. The van der Waals surface area contributed by atoms with Gasteiger partial charge >= 0.3 is 0 Å². The molecular formula is C36H30Fe-6. The quantitative estimate of drug-likeness (QED) is 0.161. The summed E-state index contributed by atoms with van der Waals surface area (Å²) in [6.45, 7) is 4.40. The molecule has 0 aromatic heterocycles. The van der Waals surface area contributed by atoms with Crippen molar-refractivity contribution in [3.05, 3.63) is 157 Å². The van der Waals surface area contributed by atoms with Crippen LogP contribution in [0.25, 0.3) is 44.5 Å². The van der Waals surface area contributed by atoms with E-state index in [4.69, 9.17) is 0 Å². The van der Waals surface area contributed by atoms with Gasteiger partial charge in [0.25, 0.3) is 0 Å². The maximum absolute atomic E-state index is 2.22. The van der Waals surface area contributed by atoms with Crippen LogP contribution in [0.1, 0.15) is 11.1 Å². The monoisotopic (exact) mass is 518 g/mol. The molecule has 0 spiro atoms. The molecule has 188 valence electrons. The first kappa shape index (κ1) is 26.2. The minimum atomic E-state index is 0. The molecule has 0 unspecified atom stereocenters. The largest absolute Gasteiger partial charge is 0.561 e. The first-order valence-electron chi connectivity index (χ1n) is 12.5.